The standard InChI is InChI=1S/C19H22FN3O2/c1-3-22-15-9-4-5-10-16(15)23(19(22)25)18(17(24)12-21-2)13-7-6-8-14(20)11-13/h4-11,17-18,21,24H,3,12H2,1-2H3. The van der Waals surface area contributed by atoms with Crippen molar-refractivity contribution in [3.8, 4) is 0 Å². The Kier molecular flexibility index (Phi) is 5.01. The predicted octanol–water partition coefficient (Wildman–Crippen LogP) is 2.13. The third-order valence-corrected chi connectivity index (χ3v) is 4.43. The van der Waals surface area contributed by atoms with Crippen LogP contribution in [0.4, 0.5) is 4.39 Å². The maximum Gasteiger partial charge on any atom is 0.329 e. The zero-order chi connectivity index (χ0) is 18.0. The molecule has 0 spiro atoms. The molecule has 2 aromatic carbocycles. The first-order valence-corrected chi connectivity index (χ1v) is 8.36. The summed E-state index contributed by atoms with van der Waals surface area (Å²) in [6.07, 6.45) is -0.888. The second-order valence-corrected chi connectivity index (χ2v) is 6.01. The van der Waals surface area contributed by atoms with Gasteiger partial charge in [0.05, 0.1) is 23.2 Å². The Bertz CT molecular complexity index is 932. The number of benzene rings is 2. The van der Waals surface area contributed by atoms with Gasteiger partial charge in [0.2, 0.25) is 0 Å². The maximum absolute atomic E-state index is 13.8. The van der Waals surface area contributed by atoms with E-state index < -0.39 is 18.0 Å². The molecule has 0 aliphatic carbocycles. The van der Waals surface area contributed by atoms with Crippen LogP contribution in [0.15, 0.2) is 53.3 Å². The van der Waals surface area contributed by atoms with Crippen molar-refractivity contribution in [2.75, 3.05) is 13.6 Å². The van der Waals surface area contributed by atoms with E-state index in [4.69, 9.17) is 0 Å². The van der Waals surface area contributed by atoms with Crippen molar-refractivity contribution in [1.29, 1.82) is 0 Å². The highest BCUT2D eigenvalue weighted by atomic mass is 19.1. The molecule has 0 aliphatic heterocycles. The lowest BCUT2D eigenvalue weighted by Gasteiger charge is -2.25. The van der Waals surface area contributed by atoms with E-state index in [0.717, 1.165) is 11.0 Å². The fraction of sp³-hybridized carbons (Fsp3) is 0.316. The van der Waals surface area contributed by atoms with E-state index >= 15 is 0 Å². The summed E-state index contributed by atoms with van der Waals surface area (Å²) in [6, 6.07) is 12.8. The number of hydrogen-bond donors (Lipinski definition) is 2. The van der Waals surface area contributed by atoms with E-state index in [1.165, 1.54) is 12.1 Å². The lowest BCUT2D eigenvalue weighted by molar-refractivity contribution is 0.130. The molecule has 2 N–H and O–H groups in total. The Morgan fingerprint density at radius 3 is 2.52 bits per heavy atom. The first kappa shape index (κ1) is 17.4. The Morgan fingerprint density at radius 1 is 1.16 bits per heavy atom. The summed E-state index contributed by atoms with van der Waals surface area (Å²) in [6.45, 7) is 2.70. The topological polar surface area (TPSA) is 59.2 Å². The van der Waals surface area contributed by atoms with Gasteiger partial charge in [-0.05, 0) is 43.8 Å². The van der Waals surface area contributed by atoms with E-state index in [2.05, 4.69) is 5.32 Å². The largest absolute Gasteiger partial charge is 0.389 e. The summed E-state index contributed by atoms with van der Waals surface area (Å²) in [7, 11) is 1.73. The Morgan fingerprint density at radius 2 is 1.88 bits per heavy atom. The average molecular weight is 343 g/mol. The summed E-state index contributed by atoms with van der Waals surface area (Å²) in [4.78, 5) is 13.0. The molecule has 0 aliphatic rings. The number of rotatable bonds is 6. The van der Waals surface area contributed by atoms with Gasteiger partial charge in [-0.1, -0.05) is 24.3 Å². The third-order valence-electron chi connectivity index (χ3n) is 4.43. The minimum Gasteiger partial charge on any atom is -0.389 e. The molecule has 0 fully saturated rings. The predicted molar refractivity (Wildman–Crippen MR) is 96.3 cm³/mol. The highest BCUT2D eigenvalue weighted by molar-refractivity contribution is 5.76. The quantitative estimate of drug-likeness (QED) is 0.721. The average Bonchev–Trinajstić information content (AvgIpc) is 2.87. The molecule has 6 heteroatoms. The van der Waals surface area contributed by atoms with Gasteiger partial charge in [0, 0.05) is 13.1 Å². The molecule has 0 radical (unpaired) electrons. The van der Waals surface area contributed by atoms with Gasteiger partial charge in [0.1, 0.15) is 5.82 Å². The molecule has 0 saturated carbocycles. The Hall–Kier alpha value is -2.44. The molecule has 2 atom stereocenters. The van der Waals surface area contributed by atoms with E-state index in [9.17, 15) is 14.3 Å². The van der Waals surface area contributed by atoms with Crippen LogP contribution >= 0.6 is 0 Å². The number of nitrogens with zero attached hydrogens (tertiary/aromatic N) is 2. The minimum absolute atomic E-state index is 0.215. The van der Waals surface area contributed by atoms with Gasteiger partial charge in [-0.25, -0.2) is 9.18 Å². The van der Waals surface area contributed by atoms with Crippen molar-refractivity contribution in [2.45, 2.75) is 25.6 Å². The summed E-state index contributed by atoms with van der Waals surface area (Å²) >= 11 is 0. The smallest absolute Gasteiger partial charge is 0.329 e. The van der Waals surface area contributed by atoms with Crippen LogP contribution < -0.4 is 11.0 Å². The highest BCUT2D eigenvalue weighted by Crippen LogP contribution is 2.26. The Labute approximate surface area is 145 Å². The van der Waals surface area contributed by atoms with Gasteiger partial charge in [-0.2, -0.15) is 0 Å². The van der Waals surface area contributed by atoms with Gasteiger partial charge in [0.25, 0.3) is 0 Å². The summed E-state index contributed by atoms with van der Waals surface area (Å²) < 4.78 is 17.0. The van der Waals surface area contributed by atoms with Crippen molar-refractivity contribution >= 4 is 11.0 Å². The first-order valence-electron chi connectivity index (χ1n) is 8.36. The fourth-order valence-electron chi connectivity index (χ4n) is 3.36. The molecule has 3 aromatic rings. The third kappa shape index (κ3) is 3.10. The Balaban J connectivity index is 2.29. The van der Waals surface area contributed by atoms with Gasteiger partial charge in [-0.15, -0.1) is 0 Å². The van der Waals surface area contributed by atoms with Gasteiger partial charge >= 0.3 is 5.69 Å². The number of aryl methyl sites for hydroxylation is 1. The van der Waals surface area contributed by atoms with E-state index in [1.807, 2.05) is 31.2 Å². The molecule has 5 nitrogen and oxygen atoms in total. The monoisotopic (exact) mass is 343 g/mol. The SMILES string of the molecule is CCn1c(=O)n(C(c2cccc(F)c2)C(O)CNC)c2ccccc21. The van der Waals surface area contributed by atoms with Crippen LogP contribution in [0.25, 0.3) is 11.0 Å². The molecular formula is C19H22FN3O2. The number of likely N-dealkylation sites (N-methyl/N-ethyl adjacent to an activating group) is 1. The van der Waals surface area contributed by atoms with Crippen molar-refractivity contribution in [1.82, 2.24) is 14.5 Å². The van der Waals surface area contributed by atoms with Crippen LogP contribution in [0, 0.1) is 5.82 Å². The minimum atomic E-state index is -0.888. The number of aliphatic hydroxyl groups excluding tert-OH is 1. The van der Waals surface area contributed by atoms with Crippen molar-refractivity contribution in [2.24, 2.45) is 0 Å². The fourth-order valence-corrected chi connectivity index (χ4v) is 3.36. The maximum atomic E-state index is 13.8. The molecule has 1 aromatic heterocycles. The zero-order valence-electron chi connectivity index (χ0n) is 14.3. The molecule has 0 amide bonds. The number of aliphatic hydroxyl groups is 1. The molecular weight excluding hydrogens is 321 g/mol. The lowest BCUT2D eigenvalue weighted by Crippen LogP contribution is -2.38. The second-order valence-electron chi connectivity index (χ2n) is 6.01. The molecule has 1 heterocycles. The number of fused-ring (bicyclic) bond motifs is 1. The van der Waals surface area contributed by atoms with Crippen molar-refractivity contribution in [3.63, 3.8) is 0 Å². The van der Waals surface area contributed by atoms with Crippen LogP contribution in [-0.2, 0) is 6.54 Å². The van der Waals surface area contributed by atoms with Gasteiger partial charge in [-0.3, -0.25) is 9.13 Å². The lowest BCUT2D eigenvalue weighted by atomic mass is 10.0. The van der Waals surface area contributed by atoms with E-state index in [0.29, 0.717) is 12.1 Å². The molecule has 132 valence electrons. The molecule has 25 heavy (non-hydrogen) atoms. The van der Waals surface area contributed by atoms with Crippen molar-refractivity contribution in [3.05, 3.63) is 70.4 Å². The summed E-state index contributed by atoms with van der Waals surface area (Å²) in [5.41, 5.74) is 1.86. The summed E-state index contributed by atoms with van der Waals surface area (Å²) in [5, 5.41) is 13.6. The number of para-hydroxylation sites is 2. The van der Waals surface area contributed by atoms with Crippen LogP contribution in [0.2, 0.25) is 0 Å². The molecule has 0 saturated heterocycles. The number of hydrogen-bond acceptors (Lipinski definition) is 3. The van der Waals surface area contributed by atoms with Crippen molar-refractivity contribution < 1.29 is 9.50 Å². The van der Waals surface area contributed by atoms with E-state index in [-0.39, 0.29) is 12.2 Å². The van der Waals surface area contributed by atoms with Crippen LogP contribution in [-0.4, -0.2) is 33.9 Å². The number of halogens is 1. The van der Waals surface area contributed by atoms with E-state index in [1.54, 1.807) is 28.3 Å². The van der Waals surface area contributed by atoms with Crippen LogP contribution in [0.3, 0.4) is 0 Å². The van der Waals surface area contributed by atoms with Crippen LogP contribution in [0.5, 0.6) is 0 Å². The molecule has 3 rings (SSSR count). The van der Waals surface area contributed by atoms with Gasteiger partial charge in [0.15, 0.2) is 0 Å². The number of aromatic nitrogens is 2. The van der Waals surface area contributed by atoms with Gasteiger partial charge < -0.3 is 10.4 Å². The highest BCUT2D eigenvalue weighted by Gasteiger charge is 2.27. The molecule has 0 bridgehead atoms. The number of nitrogens with one attached hydrogen (secondary N) is 1. The summed E-state index contributed by atoms with van der Waals surface area (Å²) in [5.74, 6) is -0.397. The number of imidazole rings is 1. The molecule has 2 unspecified atom stereocenters. The zero-order valence-corrected chi connectivity index (χ0v) is 14.3. The second kappa shape index (κ2) is 7.21. The normalized spacial score (nSPS) is 13.9. The first-order chi connectivity index (χ1) is 12.1. The van der Waals surface area contributed by atoms with Crippen LogP contribution in [0.1, 0.15) is 18.5 Å².